The minimum absolute atomic E-state index is 0.0551. The van der Waals surface area contributed by atoms with Crippen LogP contribution in [0.2, 0.25) is 0 Å². The molecule has 0 radical (unpaired) electrons. The molecule has 4 amide bonds. The molecule has 0 unspecified atom stereocenters. The second kappa shape index (κ2) is 16.9. The number of aromatic nitrogens is 6. The first-order valence-electron chi connectivity index (χ1n) is 22.5. The monoisotopic (exact) mass is 878 g/mol. The smallest absolute Gasteiger partial charge is 0.328 e. The van der Waals surface area contributed by atoms with Gasteiger partial charge in [0, 0.05) is 86.0 Å². The number of benzene rings is 2. The van der Waals surface area contributed by atoms with Gasteiger partial charge in [-0.3, -0.25) is 29.7 Å². The number of H-pyrrole nitrogens is 1. The van der Waals surface area contributed by atoms with E-state index in [1.54, 1.807) is 11.2 Å². The summed E-state index contributed by atoms with van der Waals surface area (Å²) in [6.07, 6.45) is 6.09. The van der Waals surface area contributed by atoms with Gasteiger partial charge in [0.05, 0.1) is 41.0 Å². The van der Waals surface area contributed by atoms with Gasteiger partial charge in [0.1, 0.15) is 24.3 Å². The molecule has 0 spiro atoms. The molecular formula is C48H54N12O5. The van der Waals surface area contributed by atoms with E-state index in [2.05, 4.69) is 69.7 Å². The molecule has 336 valence electrons. The van der Waals surface area contributed by atoms with Crippen molar-refractivity contribution in [2.24, 2.45) is 5.92 Å². The average molecular weight is 879 g/mol. The van der Waals surface area contributed by atoms with Gasteiger partial charge in [0.2, 0.25) is 5.91 Å². The van der Waals surface area contributed by atoms with E-state index in [-0.39, 0.29) is 35.3 Å². The number of piperazine rings is 1. The van der Waals surface area contributed by atoms with Crippen LogP contribution in [0.5, 0.6) is 5.75 Å². The summed E-state index contributed by atoms with van der Waals surface area (Å²) in [5.41, 5.74) is 8.67. The molecule has 6 aromatic rings. The summed E-state index contributed by atoms with van der Waals surface area (Å²) in [4.78, 5) is 67.9. The lowest BCUT2D eigenvalue weighted by Gasteiger charge is -2.46. The number of amides is 4. The van der Waals surface area contributed by atoms with E-state index >= 15 is 0 Å². The summed E-state index contributed by atoms with van der Waals surface area (Å²) < 4.78 is 11.7. The SMILES string of the molecule is Cc1cc(-c2ncnc3[nH]c(-c4cc5c(cn4)N4CCN(CC6CCN(c7ccc(N8CCC(=O)NC8=O)cc7)CC6)C[C@H]4CO5)cc23)ccc1[C@@H](C)NC(=O)c1nc(C(C)(C)C)no1. The number of aromatic amines is 1. The van der Waals surface area contributed by atoms with E-state index in [1.807, 2.05) is 71.1 Å². The Bertz CT molecular complexity index is 2770. The van der Waals surface area contributed by atoms with Crippen molar-refractivity contribution in [2.45, 2.75) is 71.4 Å². The van der Waals surface area contributed by atoms with Crippen LogP contribution in [0, 0.1) is 12.8 Å². The maximum atomic E-state index is 13.0. The largest absolute Gasteiger partial charge is 0.489 e. The molecule has 17 heteroatoms. The van der Waals surface area contributed by atoms with Crippen molar-refractivity contribution in [2.75, 3.05) is 67.1 Å². The van der Waals surface area contributed by atoms with E-state index in [1.165, 1.54) is 0 Å². The minimum atomic E-state index is -0.417. The predicted octanol–water partition coefficient (Wildman–Crippen LogP) is 6.41. The van der Waals surface area contributed by atoms with Crippen molar-refractivity contribution in [3.8, 4) is 28.4 Å². The van der Waals surface area contributed by atoms with E-state index < -0.39 is 5.91 Å². The van der Waals surface area contributed by atoms with Crippen molar-refractivity contribution >= 4 is 45.9 Å². The fourth-order valence-electron chi connectivity index (χ4n) is 9.61. The highest BCUT2D eigenvalue weighted by molar-refractivity contribution is 6.05. The Morgan fingerprint density at radius 3 is 2.51 bits per heavy atom. The highest BCUT2D eigenvalue weighted by atomic mass is 16.5. The summed E-state index contributed by atoms with van der Waals surface area (Å²) in [5.74, 6) is 1.25. The van der Waals surface area contributed by atoms with Crippen LogP contribution in [-0.4, -0.2) is 111 Å². The molecule has 2 atom stereocenters. The number of piperidine rings is 1. The number of anilines is 3. The molecule has 17 nitrogen and oxygen atoms in total. The lowest BCUT2D eigenvalue weighted by molar-refractivity contribution is -0.120. The summed E-state index contributed by atoms with van der Waals surface area (Å²) in [6.45, 7) is 16.8. The fourth-order valence-corrected chi connectivity index (χ4v) is 9.61. The van der Waals surface area contributed by atoms with Crippen LogP contribution < -0.4 is 30.1 Å². The first kappa shape index (κ1) is 42.1. The number of hydrogen-bond donors (Lipinski definition) is 3. The number of urea groups is 1. The Labute approximate surface area is 377 Å². The third-order valence-electron chi connectivity index (χ3n) is 13.2. The van der Waals surface area contributed by atoms with E-state index in [0.717, 1.165) is 114 Å². The van der Waals surface area contributed by atoms with Crippen molar-refractivity contribution in [1.82, 2.24) is 45.6 Å². The molecule has 65 heavy (non-hydrogen) atoms. The van der Waals surface area contributed by atoms with Crippen LogP contribution in [0.3, 0.4) is 0 Å². The van der Waals surface area contributed by atoms with Crippen LogP contribution in [-0.2, 0) is 10.2 Å². The second-order valence-electron chi connectivity index (χ2n) is 18.8. The van der Waals surface area contributed by atoms with Crippen molar-refractivity contribution in [3.63, 3.8) is 0 Å². The molecule has 4 aliphatic rings. The zero-order valence-corrected chi connectivity index (χ0v) is 37.4. The topological polar surface area (TPSA) is 191 Å². The Kier molecular flexibility index (Phi) is 11.0. The van der Waals surface area contributed by atoms with E-state index in [0.29, 0.717) is 37.0 Å². The van der Waals surface area contributed by atoms with Gasteiger partial charge in [0.25, 0.3) is 0 Å². The summed E-state index contributed by atoms with van der Waals surface area (Å²) >= 11 is 0. The number of hydrogen-bond acceptors (Lipinski definition) is 13. The second-order valence-corrected chi connectivity index (χ2v) is 18.8. The number of pyridine rings is 1. The Balaban J connectivity index is 0.750. The lowest BCUT2D eigenvalue weighted by Crippen LogP contribution is -2.58. The zero-order chi connectivity index (χ0) is 45.0. The number of fused-ring (bicyclic) bond motifs is 4. The number of imide groups is 1. The number of nitrogens with zero attached hydrogens (tertiary/aromatic N) is 9. The number of rotatable bonds is 9. The van der Waals surface area contributed by atoms with Crippen LogP contribution >= 0.6 is 0 Å². The average Bonchev–Trinajstić information content (AvgIpc) is 3.99. The van der Waals surface area contributed by atoms with Crippen molar-refractivity contribution in [3.05, 3.63) is 90.0 Å². The van der Waals surface area contributed by atoms with Gasteiger partial charge in [-0.15, -0.1) is 0 Å². The van der Waals surface area contributed by atoms with Crippen molar-refractivity contribution < 1.29 is 23.6 Å². The van der Waals surface area contributed by atoms with Gasteiger partial charge in [-0.25, -0.2) is 14.8 Å². The van der Waals surface area contributed by atoms with Gasteiger partial charge < -0.3 is 29.4 Å². The van der Waals surface area contributed by atoms with E-state index in [9.17, 15) is 14.4 Å². The van der Waals surface area contributed by atoms with Gasteiger partial charge in [-0.05, 0) is 80.1 Å². The zero-order valence-electron chi connectivity index (χ0n) is 37.4. The van der Waals surface area contributed by atoms with Crippen LogP contribution in [0.1, 0.15) is 80.6 Å². The Hall–Kier alpha value is -6.88. The summed E-state index contributed by atoms with van der Waals surface area (Å²) in [6, 6.07) is 17.9. The molecule has 10 rings (SSSR count). The predicted molar refractivity (Wildman–Crippen MR) is 246 cm³/mol. The molecule has 0 bridgehead atoms. The molecule has 0 saturated carbocycles. The highest BCUT2D eigenvalue weighted by Gasteiger charge is 2.35. The first-order chi connectivity index (χ1) is 31.3. The first-order valence-corrected chi connectivity index (χ1v) is 22.5. The normalized spacial score (nSPS) is 18.8. The number of carbonyl (C=O) groups is 3. The quantitative estimate of drug-likeness (QED) is 0.145. The highest BCUT2D eigenvalue weighted by Crippen LogP contribution is 2.39. The third-order valence-corrected chi connectivity index (χ3v) is 13.2. The van der Waals surface area contributed by atoms with Crippen LogP contribution in [0.4, 0.5) is 21.9 Å². The number of ether oxygens (including phenoxy) is 1. The molecule has 4 aromatic heterocycles. The molecule has 3 fully saturated rings. The lowest BCUT2D eigenvalue weighted by atomic mass is 9.95. The molecule has 2 aromatic carbocycles. The van der Waals surface area contributed by atoms with Gasteiger partial charge in [0.15, 0.2) is 5.82 Å². The van der Waals surface area contributed by atoms with Crippen LogP contribution in [0.15, 0.2) is 71.6 Å². The Morgan fingerprint density at radius 2 is 1.75 bits per heavy atom. The Morgan fingerprint density at radius 1 is 0.954 bits per heavy atom. The molecule has 8 heterocycles. The van der Waals surface area contributed by atoms with Gasteiger partial charge >= 0.3 is 17.8 Å². The molecular weight excluding hydrogens is 825 g/mol. The van der Waals surface area contributed by atoms with Gasteiger partial charge in [-0.2, -0.15) is 4.98 Å². The fraction of sp³-hybridized carbons (Fsp3) is 0.417. The standard InChI is InChI=1S/C48H54N12O5/c1-28-20-31(6-11-35(28)29(2)52-44(62)45-55-46(56-65-45)48(3,4)5)42-36-21-38(53-43(36)51-27-50-42)37-22-40-39(23-49-37)59-19-18-57(25-34(59)26-64-40)24-30-12-15-58(16-13-30)32-7-9-33(10-8-32)60-17-14-41(61)54-47(60)63/h6-11,20-23,27,29-30,34H,12-19,24-26H2,1-5H3,(H,52,62)(H,50,51,53)(H,54,61,63)/t29-,34+/m1/s1. The van der Waals surface area contributed by atoms with Crippen LogP contribution in [0.25, 0.3) is 33.7 Å². The maximum Gasteiger partial charge on any atom is 0.328 e. The van der Waals surface area contributed by atoms with E-state index in [4.69, 9.17) is 19.2 Å². The molecule has 3 saturated heterocycles. The van der Waals surface area contributed by atoms with Crippen molar-refractivity contribution in [1.29, 1.82) is 0 Å². The molecule has 0 aliphatic carbocycles. The number of aryl methyl sites for hydroxylation is 1. The molecule has 4 aliphatic heterocycles. The number of nitrogens with one attached hydrogen (secondary N) is 3. The number of carbonyl (C=O) groups excluding carboxylic acids is 3. The molecule has 3 N–H and O–H groups in total. The minimum Gasteiger partial charge on any atom is -0.489 e. The summed E-state index contributed by atoms with van der Waals surface area (Å²) in [7, 11) is 0. The maximum absolute atomic E-state index is 13.0. The third kappa shape index (κ3) is 8.47. The van der Waals surface area contributed by atoms with Gasteiger partial charge in [-0.1, -0.05) is 38.1 Å². The summed E-state index contributed by atoms with van der Waals surface area (Å²) in [5, 5.41) is 10.3.